The highest BCUT2D eigenvalue weighted by atomic mass is 16.5. The minimum atomic E-state index is 0.0280. The summed E-state index contributed by atoms with van der Waals surface area (Å²) in [6.07, 6.45) is 4.42. The first kappa shape index (κ1) is 14.5. The summed E-state index contributed by atoms with van der Waals surface area (Å²) in [5.74, 6) is 0.535. The summed E-state index contributed by atoms with van der Waals surface area (Å²) >= 11 is 0. The van der Waals surface area contributed by atoms with E-state index >= 15 is 0 Å². The highest BCUT2D eigenvalue weighted by Crippen LogP contribution is 2.09. The molecule has 17 heavy (non-hydrogen) atoms. The van der Waals surface area contributed by atoms with Crippen LogP contribution in [0.2, 0.25) is 0 Å². The monoisotopic (exact) mass is 242 g/mol. The molecule has 4 heteroatoms. The van der Waals surface area contributed by atoms with Gasteiger partial charge in [-0.2, -0.15) is 0 Å². The van der Waals surface area contributed by atoms with Crippen molar-refractivity contribution in [3.05, 3.63) is 0 Å². The van der Waals surface area contributed by atoms with Crippen molar-refractivity contribution in [2.75, 3.05) is 26.3 Å². The van der Waals surface area contributed by atoms with Crippen LogP contribution in [0.5, 0.6) is 0 Å². The van der Waals surface area contributed by atoms with E-state index in [9.17, 15) is 4.79 Å². The molecule has 1 aliphatic heterocycles. The molecule has 0 spiro atoms. The molecule has 0 saturated carbocycles. The van der Waals surface area contributed by atoms with E-state index in [1.54, 1.807) is 0 Å². The van der Waals surface area contributed by atoms with Crippen LogP contribution in [0.1, 0.15) is 39.5 Å². The number of ether oxygens (including phenoxy) is 1. The second-order valence-corrected chi connectivity index (χ2v) is 4.90. The second-order valence-electron chi connectivity index (χ2n) is 4.90. The van der Waals surface area contributed by atoms with Gasteiger partial charge in [-0.15, -0.1) is 0 Å². The van der Waals surface area contributed by atoms with Crippen molar-refractivity contribution >= 4 is 5.91 Å². The zero-order chi connectivity index (χ0) is 12.5. The Labute approximate surface area is 104 Å². The van der Waals surface area contributed by atoms with E-state index in [4.69, 9.17) is 4.74 Å². The first-order chi connectivity index (χ1) is 8.24. The number of carbonyl (C=O) groups excluding carboxylic acids is 1. The van der Waals surface area contributed by atoms with Gasteiger partial charge in [0.15, 0.2) is 0 Å². The topological polar surface area (TPSA) is 50.4 Å². The average Bonchev–Trinajstić information content (AvgIpc) is 2.32. The molecule has 0 bridgehead atoms. The molecule has 0 aromatic rings. The van der Waals surface area contributed by atoms with Gasteiger partial charge in [-0.05, 0) is 31.8 Å². The predicted octanol–water partition coefficient (Wildman–Crippen LogP) is 1.31. The minimum Gasteiger partial charge on any atom is -0.372 e. The van der Waals surface area contributed by atoms with Gasteiger partial charge >= 0.3 is 0 Å². The lowest BCUT2D eigenvalue weighted by Crippen LogP contribution is -2.49. The van der Waals surface area contributed by atoms with Crippen molar-refractivity contribution < 1.29 is 9.53 Å². The van der Waals surface area contributed by atoms with Gasteiger partial charge in [0.05, 0.1) is 0 Å². The third-order valence-electron chi connectivity index (χ3n) is 3.26. The molecule has 0 aliphatic carbocycles. The highest BCUT2D eigenvalue weighted by molar-refractivity contribution is 5.77. The number of amides is 1. The maximum Gasteiger partial charge on any atom is 0.246 e. The molecule has 100 valence electrons. The van der Waals surface area contributed by atoms with Crippen molar-refractivity contribution in [2.24, 2.45) is 5.92 Å². The van der Waals surface area contributed by atoms with E-state index in [2.05, 4.69) is 24.5 Å². The fourth-order valence-corrected chi connectivity index (χ4v) is 2.10. The summed E-state index contributed by atoms with van der Waals surface area (Å²) in [6, 6.07) is 0.308. The van der Waals surface area contributed by atoms with Gasteiger partial charge in [-0.3, -0.25) is 4.79 Å². The van der Waals surface area contributed by atoms with Gasteiger partial charge in [-0.1, -0.05) is 26.7 Å². The maximum atomic E-state index is 11.6. The number of piperidine rings is 1. The third-order valence-corrected chi connectivity index (χ3v) is 3.26. The van der Waals surface area contributed by atoms with Crippen LogP contribution in [-0.2, 0) is 9.53 Å². The van der Waals surface area contributed by atoms with Crippen LogP contribution in [0.3, 0.4) is 0 Å². The third kappa shape index (κ3) is 6.03. The molecule has 0 radical (unpaired) electrons. The van der Waals surface area contributed by atoms with Crippen LogP contribution in [0.15, 0.2) is 0 Å². The Hall–Kier alpha value is -0.610. The smallest absolute Gasteiger partial charge is 0.246 e. The SMILES string of the molecule is CCCCCOCC(=O)NC1CCNCC1C. The van der Waals surface area contributed by atoms with Crippen molar-refractivity contribution in [3.63, 3.8) is 0 Å². The Balaban J connectivity index is 2.07. The molecule has 0 aromatic heterocycles. The molecule has 1 rings (SSSR count). The van der Waals surface area contributed by atoms with Crippen LogP contribution >= 0.6 is 0 Å². The lowest BCUT2D eigenvalue weighted by atomic mass is 9.95. The molecule has 0 aromatic carbocycles. The number of nitrogens with one attached hydrogen (secondary N) is 2. The number of carbonyl (C=O) groups is 1. The summed E-state index contributed by atoms with van der Waals surface area (Å²) < 4.78 is 5.35. The fourth-order valence-electron chi connectivity index (χ4n) is 2.10. The fraction of sp³-hybridized carbons (Fsp3) is 0.923. The van der Waals surface area contributed by atoms with E-state index in [1.807, 2.05) is 0 Å². The number of hydrogen-bond acceptors (Lipinski definition) is 3. The zero-order valence-corrected chi connectivity index (χ0v) is 11.1. The molecule has 2 N–H and O–H groups in total. The Kier molecular flexibility index (Phi) is 7.21. The van der Waals surface area contributed by atoms with Crippen LogP contribution in [0.4, 0.5) is 0 Å². The minimum absolute atomic E-state index is 0.0280. The molecule has 1 amide bonds. The van der Waals surface area contributed by atoms with Gasteiger partial charge in [-0.25, -0.2) is 0 Å². The summed E-state index contributed by atoms with van der Waals surface area (Å²) in [6.45, 7) is 7.21. The number of rotatable bonds is 7. The normalized spacial score (nSPS) is 24.6. The van der Waals surface area contributed by atoms with Gasteiger partial charge in [0.1, 0.15) is 6.61 Å². The van der Waals surface area contributed by atoms with Crippen molar-refractivity contribution in [3.8, 4) is 0 Å². The van der Waals surface area contributed by atoms with E-state index in [-0.39, 0.29) is 12.5 Å². The Morgan fingerprint density at radius 2 is 2.29 bits per heavy atom. The van der Waals surface area contributed by atoms with Crippen LogP contribution in [0, 0.1) is 5.92 Å². The molecule has 1 heterocycles. The number of hydrogen-bond donors (Lipinski definition) is 2. The molecule has 2 unspecified atom stereocenters. The summed E-state index contributed by atoms with van der Waals surface area (Å²) in [4.78, 5) is 11.6. The molecule has 1 fully saturated rings. The lowest BCUT2D eigenvalue weighted by molar-refractivity contribution is -0.127. The highest BCUT2D eigenvalue weighted by Gasteiger charge is 2.22. The molecule has 1 aliphatic rings. The Morgan fingerprint density at radius 3 is 3.00 bits per heavy atom. The Morgan fingerprint density at radius 1 is 1.47 bits per heavy atom. The second kappa shape index (κ2) is 8.48. The standard InChI is InChI=1S/C13H26N2O2/c1-3-4-5-8-17-10-13(16)15-12-6-7-14-9-11(12)2/h11-12,14H,3-10H2,1-2H3,(H,15,16). The molecular weight excluding hydrogens is 216 g/mol. The van der Waals surface area contributed by atoms with Crippen LogP contribution in [0.25, 0.3) is 0 Å². The summed E-state index contributed by atoms with van der Waals surface area (Å²) in [5.41, 5.74) is 0. The van der Waals surface area contributed by atoms with Crippen LogP contribution < -0.4 is 10.6 Å². The Bertz CT molecular complexity index is 221. The summed E-state index contributed by atoms with van der Waals surface area (Å²) in [7, 11) is 0. The van der Waals surface area contributed by atoms with Crippen molar-refractivity contribution in [1.29, 1.82) is 0 Å². The maximum absolute atomic E-state index is 11.6. The zero-order valence-electron chi connectivity index (χ0n) is 11.1. The first-order valence-electron chi connectivity index (χ1n) is 6.82. The predicted molar refractivity (Wildman–Crippen MR) is 68.9 cm³/mol. The van der Waals surface area contributed by atoms with Gasteiger partial charge < -0.3 is 15.4 Å². The first-order valence-corrected chi connectivity index (χ1v) is 6.82. The molecule has 1 saturated heterocycles. The van der Waals surface area contributed by atoms with Gasteiger partial charge in [0.25, 0.3) is 0 Å². The van der Waals surface area contributed by atoms with Crippen molar-refractivity contribution in [1.82, 2.24) is 10.6 Å². The van der Waals surface area contributed by atoms with Gasteiger partial charge in [0, 0.05) is 12.6 Å². The van der Waals surface area contributed by atoms with E-state index < -0.39 is 0 Å². The number of unbranched alkanes of at least 4 members (excludes halogenated alkanes) is 2. The van der Waals surface area contributed by atoms with E-state index in [0.717, 1.165) is 25.9 Å². The molecule has 2 atom stereocenters. The largest absolute Gasteiger partial charge is 0.372 e. The molecular formula is C13H26N2O2. The van der Waals surface area contributed by atoms with Crippen LogP contribution in [-0.4, -0.2) is 38.3 Å². The van der Waals surface area contributed by atoms with Gasteiger partial charge in [0.2, 0.25) is 5.91 Å². The average molecular weight is 242 g/mol. The summed E-state index contributed by atoms with van der Waals surface area (Å²) in [5, 5.41) is 6.38. The quantitative estimate of drug-likeness (QED) is 0.662. The molecule has 4 nitrogen and oxygen atoms in total. The lowest BCUT2D eigenvalue weighted by Gasteiger charge is -2.30. The van der Waals surface area contributed by atoms with E-state index in [1.165, 1.54) is 12.8 Å². The van der Waals surface area contributed by atoms with E-state index in [0.29, 0.717) is 18.6 Å². The van der Waals surface area contributed by atoms with Crippen molar-refractivity contribution in [2.45, 2.75) is 45.6 Å².